The van der Waals surface area contributed by atoms with E-state index in [1.165, 1.54) is 24.3 Å². The summed E-state index contributed by atoms with van der Waals surface area (Å²) in [6.07, 6.45) is 0. The first-order valence-electron chi connectivity index (χ1n) is 9.51. The van der Waals surface area contributed by atoms with Gasteiger partial charge in [-0.1, -0.05) is 24.3 Å². The molecule has 0 spiro atoms. The second kappa shape index (κ2) is 8.00. The molecule has 0 unspecified atom stereocenters. The van der Waals surface area contributed by atoms with Gasteiger partial charge in [-0.25, -0.2) is 0 Å². The summed E-state index contributed by atoms with van der Waals surface area (Å²) in [7, 11) is 0. The number of anilines is 1. The molecule has 0 aliphatic heterocycles. The largest absolute Gasteiger partial charge is 0.322 e. The number of amides is 1. The number of thiophene rings is 1. The van der Waals surface area contributed by atoms with Crippen LogP contribution in [0.1, 0.15) is 10.4 Å². The molecule has 0 atom stereocenters. The molecule has 156 valence electrons. The molecule has 0 fully saturated rings. The van der Waals surface area contributed by atoms with Crippen molar-refractivity contribution < 1.29 is 9.72 Å². The van der Waals surface area contributed by atoms with Crippen LogP contribution in [0.3, 0.4) is 0 Å². The molecule has 0 aliphatic rings. The van der Waals surface area contributed by atoms with Crippen LogP contribution in [0.15, 0.2) is 78.2 Å². The normalized spacial score (nSPS) is 10.9. The second-order valence-corrected chi connectivity index (χ2v) is 7.78. The zero-order valence-electron chi connectivity index (χ0n) is 16.4. The Kier molecular flexibility index (Phi) is 4.88. The highest BCUT2D eigenvalue weighted by molar-refractivity contribution is 7.13. The van der Waals surface area contributed by atoms with Crippen LogP contribution in [-0.2, 0) is 0 Å². The van der Waals surface area contributed by atoms with Gasteiger partial charge in [0.2, 0.25) is 0 Å². The molecular weight excluding hydrogens is 428 g/mol. The maximum atomic E-state index is 12.6. The van der Waals surface area contributed by atoms with E-state index in [0.29, 0.717) is 22.9 Å². The summed E-state index contributed by atoms with van der Waals surface area (Å²) in [6, 6.07) is 20.4. The van der Waals surface area contributed by atoms with E-state index in [4.69, 9.17) is 0 Å². The summed E-state index contributed by atoms with van der Waals surface area (Å²) < 4.78 is 1.69. The summed E-state index contributed by atoms with van der Waals surface area (Å²) >= 11 is 1.55. The van der Waals surface area contributed by atoms with Crippen LogP contribution in [0, 0.1) is 10.1 Å². The lowest BCUT2D eigenvalue weighted by atomic mass is 10.1. The maximum absolute atomic E-state index is 12.6. The topological polar surface area (TPSA) is 115 Å². The average Bonchev–Trinajstić information content (AvgIpc) is 3.48. The molecular formula is C22H14N6O3S. The number of hydrogen-bond donors (Lipinski definition) is 1. The van der Waals surface area contributed by atoms with Gasteiger partial charge in [-0.2, -0.15) is 9.61 Å². The first kappa shape index (κ1) is 19.5. The molecule has 3 aromatic heterocycles. The number of rotatable bonds is 5. The number of nitro groups is 1. The number of nitrogens with one attached hydrogen (secondary N) is 1. The predicted molar refractivity (Wildman–Crippen MR) is 121 cm³/mol. The van der Waals surface area contributed by atoms with E-state index >= 15 is 0 Å². The van der Waals surface area contributed by atoms with Gasteiger partial charge in [0.05, 0.1) is 15.5 Å². The number of carbonyl (C=O) groups excluding carboxylic acids is 1. The molecule has 3 heterocycles. The Hall–Kier alpha value is -4.44. The lowest BCUT2D eigenvalue weighted by Crippen LogP contribution is -2.12. The van der Waals surface area contributed by atoms with Crippen LogP contribution in [0.5, 0.6) is 0 Å². The van der Waals surface area contributed by atoms with Crippen molar-refractivity contribution in [2.24, 2.45) is 0 Å². The molecule has 5 aromatic rings. The van der Waals surface area contributed by atoms with Crippen LogP contribution in [0.4, 0.5) is 11.4 Å². The van der Waals surface area contributed by atoms with Gasteiger partial charge in [0.1, 0.15) is 0 Å². The van der Waals surface area contributed by atoms with Crippen molar-refractivity contribution in [3.8, 4) is 22.0 Å². The molecule has 0 saturated carbocycles. The second-order valence-electron chi connectivity index (χ2n) is 6.83. The molecule has 32 heavy (non-hydrogen) atoms. The number of benzene rings is 2. The summed E-state index contributed by atoms with van der Waals surface area (Å²) in [5.74, 6) is 0.222. The monoisotopic (exact) mass is 442 g/mol. The van der Waals surface area contributed by atoms with Crippen LogP contribution in [0.2, 0.25) is 0 Å². The third kappa shape index (κ3) is 3.70. The molecule has 1 amide bonds. The quantitative estimate of drug-likeness (QED) is 0.312. The summed E-state index contributed by atoms with van der Waals surface area (Å²) in [6.45, 7) is 0. The molecule has 9 nitrogen and oxygen atoms in total. The fourth-order valence-electron chi connectivity index (χ4n) is 3.22. The Labute approximate surface area is 185 Å². The van der Waals surface area contributed by atoms with Gasteiger partial charge in [-0.05, 0) is 41.8 Å². The van der Waals surface area contributed by atoms with Crippen LogP contribution in [0.25, 0.3) is 27.6 Å². The first-order chi connectivity index (χ1) is 15.6. The smallest absolute Gasteiger partial charge is 0.270 e. The highest BCUT2D eigenvalue weighted by Crippen LogP contribution is 2.26. The van der Waals surface area contributed by atoms with Crippen molar-refractivity contribution in [1.29, 1.82) is 0 Å². The highest BCUT2D eigenvalue weighted by Gasteiger charge is 2.14. The maximum Gasteiger partial charge on any atom is 0.270 e. The van der Waals surface area contributed by atoms with Crippen molar-refractivity contribution in [1.82, 2.24) is 19.8 Å². The van der Waals surface area contributed by atoms with Gasteiger partial charge >= 0.3 is 0 Å². The Morgan fingerprint density at radius 2 is 1.88 bits per heavy atom. The Morgan fingerprint density at radius 3 is 2.69 bits per heavy atom. The van der Waals surface area contributed by atoms with Crippen LogP contribution < -0.4 is 5.32 Å². The molecule has 5 rings (SSSR count). The number of non-ortho nitro benzene ring substituents is 1. The highest BCUT2D eigenvalue weighted by atomic mass is 32.1. The molecule has 0 radical (unpaired) electrons. The summed E-state index contributed by atoms with van der Waals surface area (Å²) in [5, 5.41) is 28.8. The van der Waals surface area contributed by atoms with E-state index in [0.717, 1.165) is 10.4 Å². The zero-order chi connectivity index (χ0) is 22.1. The molecule has 2 aromatic carbocycles. The first-order valence-corrected chi connectivity index (χ1v) is 10.4. The van der Waals surface area contributed by atoms with E-state index in [2.05, 4.69) is 20.6 Å². The third-order valence-electron chi connectivity index (χ3n) is 4.74. The third-order valence-corrected chi connectivity index (χ3v) is 5.61. The minimum atomic E-state index is -0.533. The number of nitrogens with zero attached hydrogens (tertiary/aromatic N) is 5. The molecule has 1 N–H and O–H groups in total. The van der Waals surface area contributed by atoms with E-state index < -0.39 is 10.8 Å². The lowest BCUT2D eigenvalue weighted by molar-refractivity contribution is -0.384. The average molecular weight is 442 g/mol. The molecule has 10 heteroatoms. The standard InChI is InChI=1S/C22H14N6O3S/c29-22(15-5-2-7-17(13-15)28(30)31)23-16-6-1-4-14(12-16)18-9-10-20-24-25-21(27(20)26-18)19-8-3-11-32-19/h1-13H,(H,23,29). The Balaban J connectivity index is 1.45. The van der Waals surface area contributed by atoms with E-state index in [9.17, 15) is 14.9 Å². The fourth-order valence-corrected chi connectivity index (χ4v) is 3.92. The molecule has 0 aliphatic carbocycles. The van der Waals surface area contributed by atoms with Crippen LogP contribution in [-0.4, -0.2) is 30.6 Å². The van der Waals surface area contributed by atoms with Crippen molar-refractivity contribution >= 4 is 34.3 Å². The SMILES string of the molecule is O=C(Nc1cccc(-c2ccc3nnc(-c4cccs4)n3n2)c1)c1cccc([N+](=O)[O-])c1. The van der Waals surface area contributed by atoms with Gasteiger partial charge in [-0.15, -0.1) is 21.5 Å². The van der Waals surface area contributed by atoms with Gasteiger partial charge in [0.15, 0.2) is 11.5 Å². The van der Waals surface area contributed by atoms with E-state index in [1.807, 2.05) is 35.7 Å². The zero-order valence-corrected chi connectivity index (χ0v) is 17.2. The van der Waals surface area contributed by atoms with Gasteiger partial charge in [0, 0.05) is 28.9 Å². The Bertz CT molecular complexity index is 1460. The number of aromatic nitrogens is 4. The number of fused-ring (bicyclic) bond motifs is 1. The summed E-state index contributed by atoms with van der Waals surface area (Å²) in [5.41, 5.74) is 2.71. The van der Waals surface area contributed by atoms with Crippen LogP contribution >= 0.6 is 11.3 Å². The van der Waals surface area contributed by atoms with E-state index in [-0.39, 0.29) is 11.3 Å². The van der Waals surface area contributed by atoms with Crippen molar-refractivity contribution in [2.75, 3.05) is 5.32 Å². The van der Waals surface area contributed by atoms with Crippen molar-refractivity contribution in [3.63, 3.8) is 0 Å². The molecule has 0 bridgehead atoms. The fraction of sp³-hybridized carbons (Fsp3) is 0. The van der Waals surface area contributed by atoms with Crippen molar-refractivity contribution in [3.05, 3.63) is 93.9 Å². The van der Waals surface area contributed by atoms with Gasteiger partial charge < -0.3 is 5.32 Å². The van der Waals surface area contributed by atoms with Gasteiger partial charge in [0.25, 0.3) is 11.6 Å². The van der Waals surface area contributed by atoms with Gasteiger partial charge in [-0.3, -0.25) is 14.9 Å². The lowest BCUT2D eigenvalue weighted by Gasteiger charge is -2.08. The Morgan fingerprint density at radius 1 is 1.00 bits per heavy atom. The molecule has 0 saturated heterocycles. The summed E-state index contributed by atoms with van der Waals surface area (Å²) in [4.78, 5) is 24.0. The number of carbonyl (C=O) groups is 1. The minimum Gasteiger partial charge on any atom is -0.322 e. The van der Waals surface area contributed by atoms with Crippen molar-refractivity contribution in [2.45, 2.75) is 0 Å². The van der Waals surface area contributed by atoms with E-state index in [1.54, 1.807) is 34.1 Å². The predicted octanol–water partition coefficient (Wildman–Crippen LogP) is 4.68. The number of hydrogen-bond acceptors (Lipinski definition) is 7. The minimum absolute atomic E-state index is 0.139. The number of nitro benzene ring substituents is 1.